The van der Waals surface area contributed by atoms with E-state index in [1.807, 2.05) is 0 Å². The summed E-state index contributed by atoms with van der Waals surface area (Å²) in [6.45, 7) is 3.19. The van der Waals surface area contributed by atoms with E-state index in [0.717, 1.165) is 42.3 Å². The maximum Gasteiger partial charge on any atom is 0.344 e. The zero-order valence-electron chi connectivity index (χ0n) is 18.2. The Bertz CT molecular complexity index is 1010. The van der Waals surface area contributed by atoms with Crippen molar-refractivity contribution in [3.05, 3.63) is 62.8 Å². The smallest absolute Gasteiger partial charge is 0.344 e. The van der Waals surface area contributed by atoms with Gasteiger partial charge in [-0.3, -0.25) is 9.59 Å². The first-order chi connectivity index (χ1) is 14.8. The van der Waals surface area contributed by atoms with Crippen LogP contribution in [-0.2, 0) is 23.1 Å². The van der Waals surface area contributed by atoms with Crippen LogP contribution in [0.25, 0.3) is 0 Å². The summed E-state index contributed by atoms with van der Waals surface area (Å²) in [6.07, 6.45) is 4.95. The highest BCUT2D eigenvalue weighted by molar-refractivity contribution is 5.92. The van der Waals surface area contributed by atoms with Gasteiger partial charge in [0.05, 0.1) is 5.69 Å². The monoisotopic (exact) mass is 429 g/mol. The number of hydrogen-bond acceptors (Lipinski definition) is 5. The molecule has 166 valence electrons. The number of benzene rings is 1. The van der Waals surface area contributed by atoms with Crippen molar-refractivity contribution in [1.82, 2.24) is 14.7 Å². The van der Waals surface area contributed by atoms with Gasteiger partial charge in [-0.2, -0.15) is 5.10 Å². The van der Waals surface area contributed by atoms with Gasteiger partial charge in [-0.25, -0.2) is 13.9 Å². The standard InChI is InChI=1S/C23H28FN3O4/c1-15-16(2)25-26(3)22(29)21(15)23(30)31-14-20(28)27(19-7-5-4-6-8-19)13-17-9-11-18(24)12-10-17/h9-12,19H,4-8,13-14H2,1-3H3. The molecule has 0 saturated heterocycles. The lowest BCUT2D eigenvalue weighted by Crippen LogP contribution is -2.43. The molecule has 1 fully saturated rings. The summed E-state index contributed by atoms with van der Waals surface area (Å²) in [6, 6.07) is 6.07. The average Bonchev–Trinajstić information content (AvgIpc) is 2.76. The third-order valence-corrected chi connectivity index (χ3v) is 5.86. The molecule has 31 heavy (non-hydrogen) atoms. The van der Waals surface area contributed by atoms with E-state index in [9.17, 15) is 18.8 Å². The van der Waals surface area contributed by atoms with Crippen molar-refractivity contribution in [2.45, 2.75) is 58.5 Å². The molecule has 1 amide bonds. The highest BCUT2D eigenvalue weighted by Gasteiger charge is 2.27. The maximum atomic E-state index is 13.3. The first kappa shape index (κ1) is 22.7. The quantitative estimate of drug-likeness (QED) is 0.660. The van der Waals surface area contributed by atoms with Crippen LogP contribution in [0.5, 0.6) is 0 Å². The van der Waals surface area contributed by atoms with E-state index in [-0.39, 0.29) is 23.3 Å². The second kappa shape index (κ2) is 9.85. The lowest BCUT2D eigenvalue weighted by atomic mass is 9.93. The van der Waals surface area contributed by atoms with Gasteiger partial charge in [-0.05, 0) is 49.9 Å². The highest BCUT2D eigenvalue weighted by atomic mass is 19.1. The van der Waals surface area contributed by atoms with Crippen molar-refractivity contribution in [2.24, 2.45) is 7.05 Å². The molecule has 0 aliphatic heterocycles. The first-order valence-corrected chi connectivity index (χ1v) is 10.5. The fourth-order valence-electron chi connectivity index (χ4n) is 3.97. The molecule has 8 heteroatoms. The SMILES string of the molecule is Cc1nn(C)c(=O)c(C(=O)OCC(=O)N(Cc2ccc(F)cc2)C2CCCCC2)c1C. The third-order valence-electron chi connectivity index (χ3n) is 5.86. The molecule has 1 aliphatic rings. The van der Waals surface area contributed by atoms with Crippen LogP contribution in [0.3, 0.4) is 0 Å². The minimum Gasteiger partial charge on any atom is -0.452 e. The van der Waals surface area contributed by atoms with Gasteiger partial charge in [0.2, 0.25) is 0 Å². The van der Waals surface area contributed by atoms with Crippen molar-refractivity contribution in [3.63, 3.8) is 0 Å². The van der Waals surface area contributed by atoms with Crippen molar-refractivity contribution in [1.29, 1.82) is 0 Å². The normalized spacial score (nSPS) is 14.3. The topological polar surface area (TPSA) is 81.5 Å². The number of rotatable bonds is 6. The second-order valence-electron chi connectivity index (χ2n) is 8.03. The number of amides is 1. The number of aromatic nitrogens is 2. The number of ether oxygens (including phenoxy) is 1. The Balaban J connectivity index is 1.75. The zero-order valence-corrected chi connectivity index (χ0v) is 18.2. The molecular weight excluding hydrogens is 401 g/mol. The van der Waals surface area contributed by atoms with Gasteiger partial charge in [0, 0.05) is 19.6 Å². The summed E-state index contributed by atoms with van der Waals surface area (Å²) >= 11 is 0. The zero-order chi connectivity index (χ0) is 22.5. The number of nitrogens with zero attached hydrogens (tertiary/aromatic N) is 3. The van der Waals surface area contributed by atoms with E-state index in [1.165, 1.54) is 19.2 Å². The van der Waals surface area contributed by atoms with Gasteiger partial charge in [-0.15, -0.1) is 0 Å². The average molecular weight is 429 g/mol. The largest absolute Gasteiger partial charge is 0.452 e. The van der Waals surface area contributed by atoms with Crippen LogP contribution in [-0.4, -0.2) is 39.2 Å². The third kappa shape index (κ3) is 5.37. The van der Waals surface area contributed by atoms with E-state index in [0.29, 0.717) is 17.8 Å². The van der Waals surface area contributed by atoms with Gasteiger partial charge < -0.3 is 9.64 Å². The van der Waals surface area contributed by atoms with Crippen LogP contribution in [0.1, 0.15) is 59.3 Å². The molecule has 0 bridgehead atoms. The van der Waals surface area contributed by atoms with Crippen molar-refractivity contribution in [3.8, 4) is 0 Å². The Labute approximate surface area is 180 Å². The number of esters is 1. The van der Waals surface area contributed by atoms with Crippen molar-refractivity contribution < 1.29 is 18.7 Å². The van der Waals surface area contributed by atoms with E-state index < -0.39 is 18.1 Å². The molecule has 1 aromatic heterocycles. The molecule has 7 nitrogen and oxygen atoms in total. The summed E-state index contributed by atoms with van der Waals surface area (Å²) in [5.74, 6) is -1.50. The van der Waals surface area contributed by atoms with Gasteiger partial charge >= 0.3 is 5.97 Å². The van der Waals surface area contributed by atoms with E-state index in [2.05, 4.69) is 5.10 Å². The van der Waals surface area contributed by atoms with Crippen LogP contribution in [0.2, 0.25) is 0 Å². The molecule has 0 unspecified atom stereocenters. The van der Waals surface area contributed by atoms with Crippen LogP contribution in [0, 0.1) is 19.7 Å². The molecule has 1 aliphatic carbocycles. The molecular formula is C23H28FN3O4. The minimum atomic E-state index is -0.831. The Morgan fingerprint density at radius 3 is 2.45 bits per heavy atom. The number of aryl methyl sites for hydroxylation is 2. The second-order valence-corrected chi connectivity index (χ2v) is 8.03. The van der Waals surface area contributed by atoms with Gasteiger partial charge in [0.1, 0.15) is 11.4 Å². The van der Waals surface area contributed by atoms with Gasteiger partial charge in [0.15, 0.2) is 6.61 Å². The van der Waals surface area contributed by atoms with Crippen molar-refractivity contribution in [2.75, 3.05) is 6.61 Å². The molecule has 0 radical (unpaired) electrons. The molecule has 0 spiro atoms. The van der Waals surface area contributed by atoms with Crippen LogP contribution >= 0.6 is 0 Å². The van der Waals surface area contributed by atoms with Gasteiger partial charge in [-0.1, -0.05) is 31.4 Å². The van der Waals surface area contributed by atoms with E-state index in [4.69, 9.17) is 4.74 Å². The summed E-state index contributed by atoms with van der Waals surface area (Å²) in [5, 5.41) is 4.05. The Hall–Kier alpha value is -3.03. The lowest BCUT2D eigenvalue weighted by molar-refractivity contribution is -0.138. The first-order valence-electron chi connectivity index (χ1n) is 10.5. The van der Waals surface area contributed by atoms with Crippen LogP contribution < -0.4 is 5.56 Å². The molecule has 1 saturated carbocycles. The maximum absolute atomic E-state index is 13.3. The fraction of sp³-hybridized carbons (Fsp3) is 0.478. The van der Waals surface area contributed by atoms with E-state index in [1.54, 1.807) is 30.9 Å². The van der Waals surface area contributed by atoms with Crippen LogP contribution in [0.4, 0.5) is 4.39 Å². The molecule has 1 heterocycles. The summed E-state index contributed by atoms with van der Waals surface area (Å²) in [4.78, 5) is 39.7. The molecule has 2 aromatic rings. The molecule has 0 N–H and O–H groups in total. The predicted octanol–water partition coefficient (Wildman–Crippen LogP) is 3.05. The predicted molar refractivity (Wildman–Crippen MR) is 113 cm³/mol. The van der Waals surface area contributed by atoms with Crippen molar-refractivity contribution >= 4 is 11.9 Å². The number of carbonyl (C=O) groups excluding carboxylic acids is 2. The Morgan fingerprint density at radius 1 is 1.16 bits per heavy atom. The van der Waals surface area contributed by atoms with Crippen LogP contribution in [0.15, 0.2) is 29.1 Å². The highest BCUT2D eigenvalue weighted by Crippen LogP contribution is 2.24. The molecule has 0 atom stereocenters. The summed E-state index contributed by atoms with van der Waals surface area (Å²) < 4.78 is 19.6. The Morgan fingerprint density at radius 2 is 1.81 bits per heavy atom. The molecule has 3 rings (SSSR count). The summed E-state index contributed by atoms with van der Waals surface area (Å²) in [7, 11) is 1.46. The van der Waals surface area contributed by atoms with Gasteiger partial charge in [0.25, 0.3) is 11.5 Å². The number of hydrogen-bond donors (Lipinski definition) is 0. The molecule has 1 aromatic carbocycles. The number of carbonyl (C=O) groups is 2. The fourth-order valence-corrected chi connectivity index (χ4v) is 3.97. The van der Waals surface area contributed by atoms with E-state index >= 15 is 0 Å². The lowest BCUT2D eigenvalue weighted by Gasteiger charge is -2.34. The number of halogens is 1. The Kier molecular flexibility index (Phi) is 7.20. The summed E-state index contributed by atoms with van der Waals surface area (Å²) in [5.41, 5.74) is 1.12. The minimum absolute atomic E-state index is 0.0442.